The fraction of sp³-hybridized carbons (Fsp3) is 0.304. The van der Waals surface area contributed by atoms with Gasteiger partial charge in [0.05, 0.1) is 28.1 Å². The van der Waals surface area contributed by atoms with Crippen LogP contribution < -0.4 is 10.3 Å². The van der Waals surface area contributed by atoms with E-state index < -0.39 is 17.5 Å². The second-order valence-corrected chi connectivity index (χ2v) is 9.56. The van der Waals surface area contributed by atoms with Crippen LogP contribution in [0.2, 0.25) is 0 Å². The summed E-state index contributed by atoms with van der Waals surface area (Å²) >= 11 is 6.61. The molecule has 3 rings (SSSR count). The monoisotopic (exact) mass is 608 g/mol. The lowest BCUT2D eigenvalue weighted by atomic mass is 10.2. The fourth-order valence-corrected chi connectivity index (χ4v) is 4.06. The SMILES string of the molecule is CCCc1nc2ccc(Br)cc2c(=O)n1N=Cc1cc(Br)cc([N+](=O)[O-])c1OCC(=O)OC(C)C. The number of benzene rings is 2. The van der Waals surface area contributed by atoms with E-state index in [0.29, 0.717) is 32.1 Å². The Morgan fingerprint density at radius 1 is 1.26 bits per heavy atom. The van der Waals surface area contributed by atoms with E-state index in [9.17, 15) is 19.7 Å². The molecule has 35 heavy (non-hydrogen) atoms. The van der Waals surface area contributed by atoms with Gasteiger partial charge in [-0.25, -0.2) is 9.78 Å². The number of aromatic nitrogens is 2. The van der Waals surface area contributed by atoms with Gasteiger partial charge in [-0.15, -0.1) is 0 Å². The smallest absolute Gasteiger partial charge is 0.344 e. The molecule has 0 saturated carbocycles. The van der Waals surface area contributed by atoms with Crippen LogP contribution in [0, 0.1) is 10.1 Å². The van der Waals surface area contributed by atoms with Crippen molar-refractivity contribution in [3.05, 3.63) is 71.1 Å². The molecule has 0 aliphatic rings. The summed E-state index contributed by atoms with van der Waals surface area (Å²) in [5.74, 6) is -0.411. The van der Waals surface area contributed by atoms with Crippen LogP contribution >= 0.6 is 31.9 Å². The molecule has 2 aromatic carbocycles. The van der Waals surface area contributed by atoms with E-state index in [0.717, 1.165) is 6.42 Å². The molecule has 0 aliphatic heterocycles. The molecule has 0 amide bonds. The van der Waals surface area contributed by atoms with Crippen molar-refractivity contribution in [2.75, 3.05) is 6.61 Å². The van der Waals surface area contributed by atoms with Gasteiger partial charge in [0.2, 0.25) is 5.75 Å². The molecule has 0 saturated heterocycles. The molecule has 0 spiro atoms. The molecule has 0 N–H and O–H groups in total. The number of halogens is 2. The topological polar surface area (TPSA) is 126 Å². The summed E-state index contributed by atoms with van der Waals surface area (Å²) in [5.41, 5.74) is -0.0330. The first-order chi connectivity index (χ1) is 16.6. The van der Waals surface area contributed by atoms with Crippen molar-refractivity contribution < 1.29 is 19.2 Å². The third-order valence-electron chi connectivity index (χ3n) is 4.62. The molecule has 12 heteroatoms. The van der Waals surface area contributed by atoms with Crippen molar-refractivity contribution in [2.45, 2.75) is 39.7 Å². The lowest BCUT2D eigenvalue weighted by Gasteiger charge is -2.12. The minimum absolute atomic E-state index is 0.177. The number of hydrogen-bond donors (Lipinski definition) is 0. The number of fused-ring (bicyclic) bond motifs is 1. The number of nitro benzene ring substituents is 1. The van der Waals surface area contributed by atoms with Crippen LogP contribution in [-0.4, -0.2) is 39.5 Å². The van der Waals surface area contributed by atoms with Crippen LogP contribution in [0.25, 0.3) is 10.9 Å². The molecule has 0 bridgehead atoms. The number of ether oxygens (including phenoxy) is 2. The highest BCUT2D eigenvalue weighted by molar-refractivity contribution is 9.10. The zero-order valence-corrected chi connectivity index (χ0v) is 22.3. The first-order valence-corrected chi connectivity index (χ1v) is 12.2. The maximum absolute atomic E-state index is 13.2. The van der Waals surface area contributed by atoms with E-state index in [1.807, 2.05) is 6.92 Å². The van der Waals surface area contributed by atoms with E-state index >= 15 is 0 Å². The van der Waals surface area contributed by atoms with Crippen LogP contribution in [-0.2, 0) is 16.0 Å². The van der Waals surface area contributed by atoms with Crippen molar-refractivity contribution in [1.29, 1.82) is 0 Å². The molecule has 1 heterocycles. The number of esters is 1. The number of carbonyl (C=O) groups excluding carboxylic acids is 1. The predicted molar refractivity (Wildman–Crippen MR) is 138 cm³/mol. The predicted octanol–water partition coefficient (Wildman–Crippen LogP) is 4.99. The maximum atomic E-state index is 13.2. The Morgan fingerprint density at radius 3 is 2.66 bits per heavy atom. The summed E-state index contributed by atoms with van der Waals surface area (Å²) < 4.78 is 12.8. The summed E-state index contributed by atoms with van der Waals surface area (Å²) in [6, 6.07) is 7.99. The second-order valence-electron chi connectivity index (χ2n) is 7.73. The lowest BCUT2D eigenvalue weighted by Crippen LogP contribution is -2.22. The third kappa shape index (κ3) is 6.51. The van der Waals surface area contributed by atoms with E-state index in [-0.39, 0.29) is 28.7 Å². The Balaban J connectivity index is 2.11. The molecular formula is C23H22Br2N4O6. The van der Waals surface area contributed by atoms with E-state index in [4.69, 9.17) is 9.47 Å². The molecule has 1 aromatic heterocycles. The summed E-state index contributed by atoms with van der Waals surface area (Å²) in [6.07, 6.45) is 2.11. The number of nitro groups is 1. The first-order valence-electron chi connectivity index (χ1n) is 10.7. The molecule has 0 fully saturated rings. The Labute approximate surface area is 217 Å². The number of aryl methyl sites for hydroxylation is 1. The summed E-state index contributed by atoms with van der Waals surface area (Å²) in [5, 5.41) is 16.3. The molecule has 0 aliphatic carbocycles. The van der Waals surface area contributed by atoms with Gasteiger partial charge < -0.3 is 9.47 Å². The fourth-order valence-electron chi connectivity index (χ4n) is 3.24. The Bertz CT molecular complexity index is 1370. The maximum Gasteiger partial charge on any atom is 0.344 e. The van der Waals surface area contributed by atoms with E-state index in [1.54, 1.807) is 32.0 Å². The standard InChI is InChI=1S/C23H22Br2N4O6/c1-4-5-20-27-18-7-6-15(24)9-17(18)23(31)28(20)26-11-14-8-16(25)10-19(29(32)33)22(14)34-12-21(30)35-13(2)3/h6-11,13H,4-5,12H2,1-3H3. The Kier molecular flexibility index (Phi) is 8.73. The number of nitrogens with zero attached hydrogens (tertiary/aromatic N) is 4. The lowest BCUT2D eigenvalue weighted by molar-refractivity contribution is -0.385. The van der Waals surface area contributed by atoms with Gasteiger partial charge in [0.1, 0.15) is 5.82 Å². The average molecular weight is 610 g/mol. The highest BCUT2D eigenvalue weighted by Gasteiger charge is 2.22. The van der Waals surface area contributed by atoms with Crippen LogP contribution in [0.1, 0.15) is 38.6 Å². The van der Waals surface area contributed by atoms with Gasteiger partial charge in [-0.1, -0.05) is 38.8 Å². The van der Waals surface area contributed by atoms with Gasteiger partial charge in [0.25, 0.3) is 5.56 Å². The molecule has 0 atom stereocenters. The van der Waals surface area contributed by atoms with Crippen molar-refractivity contribution in [3.8, 4) is 5.75 Å². The van der Waals surface area contributed by atoms with Gasteiger partial charge in [-0.3, -0.25) is 14.9 Å². The van der Waals surface area contributed by atoms with Crippen LogP contribution in [0.3, 0.4) is 0 Å². The molecule has 10 nitrogen and oxygen atoms in total. The summed E-state index contributed by atoms with van der Waals surface area (Å²) in [6.45, 7) is 4.78. The van der Waals surface area contributed by atoms with E-state index in [1.165, 1.54) is 23.0 Å². The molecule has 0 unspecified atom stereocenters. The Hall–Kier alpha value is -3.12. The first kappa shape index (κ1) is 26.5. The van der Waals surface area contributed by atoms with Gasteiger partial charge in [-0.05, 0) is 44.5 Å². The highest BCUT2D eigenvalue weighted by Crippen LogP contribution is 2.34. The van der Waals surface area contributed by atoms with Crippen LogP contribution in [0.15, 0.2) is 49.2 Å². The Morgan fingerprint density at radius 2 is 2.00 bits per heavy atom. The van der Waals surface area contributed by atoms with Gasteiger partial charge in [0, 0.05) is 27.0 Å². The van der Waals surface area contributed by atoms with Crippen molar-refractivity contribution >= 4 is 60.6 Å². The van der Waals surface area contributed by atoms with Gasteiger partial charge >= 0.3 is 11.7 Å². The van der Waals surface area contributed by atoms with Crippen LogP contribution in [0.5, 0.6) is 5.75 Å². The van der Waals surface area contributed by atoms with Gasteiger partial charge in [0.15, 0.2) is 6.61 Å². The minimum atomic E-state index is -0.675. The van der Waals surface area contributed by atoms with Crippen molar-refractivity contribution in [2.24, 2.45) is 5.10 Å². The van der Waals surface area contributed by atoms with E-state index in [2.05, 4.69) is 41.9 Å². The quantitative estimate of drug-likeness (QED) is 0.145. The average Bonchev–Trinajstić information content (AvgIpc) is 2.78. The summed E-state index contributed by atoms with van der Waals surface area (Å²) in [7, 11) is 0. The van der Waals surface area contributed by atoms with Crippen molar-refractivity contribution in [1.82, 2.24) is 9.66 Å². The molecule has 3 aromatic rings. The largest absolute Gasteiger partial charge is 0.474 e. The highest BCUT2D eigenvalue weighted by atomic mass is 79.9. The number of hydrogen-bond acceptors (Lipinski definition) is 8. The second kappa shape index (κ2) is 11.5. The van der Waals surface area contributed by atoms with Crippen LogP contribution in [0.4, 0.5) is 5.69 Å². The molecule has 184 valence electrons. The van der Waals surface area contributed by atoms with Gasteiger partial charge in [-0.2, -0.15) is 9.78 Å². The zero-order chi connectivity index (χ0) is 25.7. The van der Waals surface area contributed by atoms with Crippen molar-refractivity contribution in [3.63, 3.8) is 0 Å². The molecule has 0 radical (unpaired) electrons. The zero-order valence-electron chi connectivity index (χ0n) is 19.2. The number of rotatable bonds is 9. The minimum Gasteiger partial charge on any atom is -0.474 e. The third-order valence-corrected chi connectivity index (χ3v) is 5.57. The normalized spacial score (nSPS) is 11.4. The summed E-state index contributed by atoms with van der Waals surface area (Å²) in [4.78, 5) is 40.8. The number of carbonyl (C=O) groups is 1. The molecular weight excluding hydrogens is 588 g/mol.